The van der Waals surface area contributed by atoms with E-state index in [1.165, 1.54) is 0 Å². The quantitative estimate of drug-likeness (QED) is 0.718. The Morgan fingerprint density at radius 3 is 2.60 bits per heavy atom. The SMILES string of the molecule is COC(=O)N1CCC(F)(F)C[C@H]1C(=O)O. The molecule has 0 spiro atoms. The van der Waals surface area contributed by atoms with Crippen LogP contribution in [0.15, 0.2) is 0 Å². The van der Waals surface area contributed by atoms with Crippen LogP contribution in [0, 0.1) is 0 Å². The second kappa shape index (κ2) is 4.00. The van der Waals surface area contributed by atoms with E-state index in [0.29, 0.717) is 0 Å². The minimum atomic E-state index is -3.03. The van der Waals surface area contributed by atoms with Gasteiger partial charge in [-0.25, -0.2) is 18.4 Å². The molecule has 1 heterocycles. The topological polar surface area (TPSA) is 66.8 Å². The molecule has 1 amide bonds. The van der Waals surface area contributed by atoms with Gasteiger partial charge in [0.05, 0.1) is 7.11 Å². The number of aliphatic carboxylic acids is 1. The molecule has 1 aliphatic rings. The average Bonchev–Trinajstić information content (AvgIpc) is 2.15. The lowest BCUT2D eigenvalue weighted by Crippen LogP contribution is -2.53. The summed E-state index contributed by atoms with van der Waals surface area (Å²) in [6, 6.07) is -1.51. The van der Waals surface area contributed by atoms with E-state index >= 15 is 0 Å². The molecule has 0 aromatic rings. The fraction of sp³-hybridized carbons (Fsp3) is 0.750. The Labute approximate surface area is 84.6 Å². The third kappa shape index (κ3) is 2.54. The van der Waals surface area contributed by atoms with E-state index in [-0.39, 0.29) is 6.54 Å². The summed E-state index contributed by atoms with van der Waals surface area (Å²) in [7, 11) is 1.08. The van der Waals surface area contributed by atoms with Gasteiger partial charge in [0.2, 0.25) is 0 Å². The molecule has 5 nitrogen and oxygen atoms in total. The fourth-order valence-electron chi connectivity index (χ4n) is 1.49. The lowest BCUT2D eigenvalue weighted by Gasteiger charge is -2.35. The Morgan fingerprint density at radius 2 is 2.13 bits per heavy atom. The maximum atomic E-state index is 12.9. The molecule has 0 aromatic heterocycles. The van der Waals surface area contributed by atoms with Crippen molar-refractivity contribution in [1.29, 1.82) is 0 Å². The van der Waals surface area contributed by atoms with Crippen LogP contribution in [0.1, 0.15) is 12.8 Å². The van der Waals surface area contributed by atoms with E-state index in [4.69, 9.17) is 5.11 Å². The Hall–Kier alpha value is -1.40. The molecule has 7 heteroatoms. The Bertz CT molecular complexity index is 282. The molecule has 1 fully saturated rings. The van der Waals surface area contributed by atoms with Crippen LogP contribution in [-0.4, -0.2) is 47.7 Å². The lowest BCUT2D eigenvalue weighted by atomic mass is 9.99. The number of hydrogen-bond acceptors (Lipinski definition) is 3. The zero-order chi connectivity index (χ0) is 11.6. The molecule has 1 saturated heterocycles. The minimum Gasteiger partial charge on any atom is -0.480 e. The third-order valence-electron chi connectivity index (χ3n) is 2.28. The van der Waals surface area contributed by atoms with Crippen molar-refractivity contribution in [2.45, 2.75) is 24.8 Å². The molecular formula is C8H11F2NO4. The molecule has 0 saturated carbocycles. The van der Waals surface area contributed by atoms with Crippen LogP contribution in [0.3, 0.4) is 0 Å². The van der Waals surface area contributed by atoms with Gasteiger partial charge in [0.1, 0.15) is 6.04 Å². The maximum Gasteiger partial charge on any atom is 0.410 e. The highest BCUT2D eigenvalue weighted by Crippen LogP contribution is 2.32. The smallest absolute Gasteiger partial charge is 0.410 e. The Balaban J connectivity index is 2.81. The number of likely N-dealkylation sites (tertiary alicyclic amines) is 1. The zero-order valence-corrected chi connectivity index (χ0v) is 8.07. The summed E-state index contributed by atoms with van der Waals surface area (Å²) in [4.78, 5) is 22.6. The first-order chi connectivity index (χ1) is 6.87. The number of carbonyl (C=O) groups is 2. The van der Waals surface area contributed by atoms with Gasteiger partial charge in [-0.3, -0.25) is 4.90 Å². The second-order valence-corrected chi connectivity index (χ2v) is 3.33. The van der Waals surface area contributed by atoms with E-state index in [1.807, 2.05) is 0 Å². The van der Waals surface area contributed by atoms with Crippen molar-refractivity contribution in [1.82, 2.24) is 4.90 Å². The predicted molar refractivity (Wildman–Crippen MR) is 44.7 cm³/mol. The number of halogens is 2. The number of carbonyl (C=O) groups excluding carboxylic acids is 1. The molecule has 0 aliphatic carbocycles. The van der Waals surface area contributed by atoms with Gasteiger partial charge in [-0.05, 0) is 0 Å². The first kappa shape index (κ1) is 11.7. The summed E-state index contributed by atoms with van der Waals surface area (Å²) in [6.07, 6.45) is -2.29. The number of methoxy groups -OCH3 is 1. The highest BCUT2D eigenvalue weighted by atomic mass is 19.3. The summed E-state index contributed by atoms with van der Waals surface area (Å²) in [5.74, 6) is -4.48. The molecule has 0 radical (unpaired) electrons. The maximum absolute atomic E-state index is 12.9. The van der Waals surface area contributed by atoms with Crippen molar-refractivity contribution in [3.05, 3.63) is 0 Å². The Kier molecular flexibility index (Phi) is 3.11. The molecule has 0 bridgehead atoms. The number of ether oxygens (including phenoxy) is 1. The van der Waals surface area contributed by atoms with E-state index in [9.17, 15) is 18.4 Å². The first-order valence-electron chi connectivity index (χ1n) is 4.32. The first-order valence-corrected chi connectivity index (χ1v) is 4.32. The summed E-state index contributed by atoms with van der Waals surface area (Å²) in [6.45, 7) is -0.309. The van der Waals surface area contributed by atoms with Gasteiger partial charge >= 0.3 is 12.1 Å². The van der Waals surface area contributed by atoms with Crippen LogP contribution >= 0.6 is 0 Å². The third-order valence-corrected chi connectivity index (χ3v) is 2.28. The normalized spacial score (nSPS) is 24.7. The molecule has 0 unspecified atom stereocenters. The highest BCUT2D eigenvalue weighted by molar-refractivity contribution is 5.80. The van der Waals surface area contributed by atoms with E-state index in [1.54, 1.807) is 0 Å². The van der Waals surface area contributed by atoms with Gasteiger partial charge < -0.3 is 9.84 Å². The van der Waals surface area contributed by atoms with Crippen LogP contribution in [-0.2, 0) is 9.53 Å². The zero-order valence-electron chi connectivity index (χ0n) is 8.07. The summed E-state index contributed by atoms with van der Waals surface area (Å²) < 4.78 is 30.1. The fourth-order valence-corrected chi connectivity index (χ4v) is 1.49. The van der Waals surface area contributed by atoms with Gasteiger partial charge in [-0.15, -0.1) is 0 Å². The molecule has 1 N–H and O–H groups in total. The highest BCUT2D eigenvalue weighted by Gasteiger charge is 2.45. The molecule has 15 heavy (non-hydrogen) atoms. The number of carboxylic acids is 1. The van der Waals surface area contributed by atoms with Crippen molar-refractivity contribution < 1.29 is 28.2 Å². The van der Waals surface area contributed by atoms with Crippen LogP contribution in [0.5, 0.6) is 0 Å². The van der Waals surface area contributed by atoms with Crippen molar-refractivity contribution in [2.24, 2.45) is 0 Å². The van der Waals surface area contributed by atoms with Crippen molar-refractivity contribution in [2.75, 3.05) is 13.7 Å². The summed E-state index contributed by atoms with van der Waals surface area (Å²) in [5, 5.41) is 8.70. The van der Waals surface area contributed by atoms with Crippen LogP contribution in [0.2, 0.25) is 0 Å². The van der Waals surface area contributed by atoms with Crippen molar-refractivity contribution >= 4 is 12.1 Å². The molecular weight excluding hydrogens is 212 g/mol. The minimum absolute atomic E-state index is 0.309. The number of carboxylic acid groups (broad SMARTS) is 1. The number of rotatable bonds is 1. The van der Waals surface area contributed by atoms with Gasteiger partial charge in [-0.1, -0.05) is 0 Å². The van der Waals surface area contributed by atoms with Crippen molar-refractivity contribution in [3.8, 4) is 0 Å². The number of hydrogen-bond donors (Lipinski definition) is 1. The molecule has 1 rings (SSSR count). The predicted octanol–water partition coefficient (Wildman–Crippen LogP) is 0.937. The molecule has 1 atom stereocenters. The molecule has 1 aliphatic heterocycles. The van der Waals surface area contributed by atoms with E-state index in [2.05, 4.69) is 4.74 Å². The number of piperidine rings is 1. The molecule has 0 aromatic carbocycles. The summed E-state index contributed by atoms with van der Waals surface area (Å²) >= 11 is 0. The average molecular weight is 223 g/mol. The second-order valence-electron chi connectivity index (χ2n) is 3.33. The molecule has 86 valence electrons. The monoisotopic (exact) mass is 223 g/mol. The Morgan fingerprint density at radius 1 is 1.53 bits per heavy atom. The number of nitrogens with zero attached hydrogens (tertiary/aromatic N) is 1. The van der Waals surface area contributed by atoms with Crippen LogP contribution in [0.4, 0.5) is 13.6 Å². The standard InChI is InChI=1S/C8H11F2NO4/c1-15-7(14)11-3-2-8(9,10)4-5(11)6(12)13/h5H,2-4H2,1H3,(H,12,13)/t5-/m0/s1. The van der Waals surface area contributed by atoms with E-state index < -0.39 is 36.9 Å². The lowest BCUT2D eigenvalue weighted by molar-refractivity contribution is -0.151. The summed E-state index contributed by atoms with van der Waals surface area (Å²) in [5.41, 5.74) is 0. The number of amides is 1. The number of alkyl halides is 2. The van der Waals surface area contributed by atoms with Gasteiger partial charge in [0, 0.05) is 19.4 Å². The van der Waals surface area contributed by atoms with Crippen LogP contribution in [0.25, 0.3) is 0 Å². The van der Waals surface area contributed by atoms with Crippen molar-refractivity contribution in [3.63, 3.8) is 0 Å². The van der Waals surface area contributed by atoms with E-state index in [0.717, 1.165) is 12.0 Å². The van der Waals surface area contributed by atoms with Gasteiger partial charge in [0.15, 0.2) is 0 Å². The van der Waals surface area contributed by atoms with Gasteiger partial charge in [-0.2, -0.15) is 0 Å². The van der Waals surface area contributed by atoms with Crippen LogP contribution < -0.4 is 0 Å². The van der Waals surface area contributed by atoms with Gasteiger partial charge in [0.25, 0.3) is 5.92 Å². The largest absolute Gasteiger partial charge is 0.480 e.